The maximum Gasteiger partial charge on any atom is 0.330 e. The van der Waals surface area contributed by atoms with Crippen LogP contribution in [0.2, 0.25) is 0 Å². The molecule has 17 heavy (non-hydrogen) atoms. The molecular formula is C10H16N4O3. The van der Waals surface area contributed by atoms with Gasteiger partial charge in [0.2, 0.25) is 5.91 Å². The fourth-order valence-corrected chi connectivity index (χ4v) is 1.34. The minimum atomic E-state index is -0.380. The minimum Gasteiger partial charge on any atom is -0.358 e. The van der Waals surface area contributed by atoms with Crippen LogP contribution in [0.15, 0.2) is 15.7 Å². The van der Waals surface area contributed by atoms with E-state index in [1.165, 1.54) is 24.7 Å². The molecule has 7 nitrogen and oxygen atoms in total. The number of hydrogen-bond donors (Lipinski definition) is 2. The van der Waals surface area contributed by atoms with Crippen LogP contribution in [0.3, 0.4) is 0 Å². The van der Waals surface area contributed by atoms with E-state index in [2.05, 4.69) is 10.6 Å². The number of hydrogen-bond acceptors (Lipinski definition) is 4. The van der Waals surface area contributed by atoms with Gasteiger partial charge in [-0.2, -0.15) is 0 Å². The second kappa shape index (κ2) is 5.44. The summed E-state index contributed by atoms with van der Waals surface area (Å²) in [7, 11) is 4.54. The highest BCUT2D eigenvalue weighted by molar-refractivity contribution is 5.77. The number of carbonyl (C=O) groups excluding carboxylic acids is 1. The van der Waals surface area contributed by atoms with Crippen LogP contribution in [-0.2, 0) is 25.4 Å². The summed E-state index contributed by atoms with van der Waals surface area (Å²) in [6.45, 7) is 0.426. The maximum absolute atomic E-state index is 11.6. The van der Waals surface area contributed by atoms with Crippen LogP contribution < -0.4 is 21.9 Å². The van der Waals surface area contributed by atoms with Gasteiger partial charge in [-0.25, -0.2) is 4.79 Å². The number of amides is 1. The lowest BCUT2D eigenvalue weighted by Crippen LogP contribution is -2.39. The van der Waals surface area contributed by atoms with E-state index in [0.29, 0.717) is 5.69 Å². The molecule has 94 valence electrons. The standard InChI is InChI=1S/C10H16N4O3/c1-11-8(15)6-12-5-7-4-9(16)14(3)10(17)13(7)2/h4,12H,5-6H2,1-3H3,(H,11,15). The number of nitrogens with zero attached hydrogens (tertiary/aromatic N) is 2. The molecule has 0 aromatic carbocycles. The van der Waals surface area contributed by atoms with Gasteiger partial charge in [0.15, 0.2) is 0 Å². The minimum absolute atomic E-state index is 0.139. The third-order valence-corrected chi connectivity index (χ3v) is 2.50. The molecule has 1 aromatic rings. The van der Waals surface area contributed by atoms with E-state index in [0.717, 1.165) is 4.57 Å². The number of nitrogens with one attached hydrogen (secondary N) is 2. The topological polar surface area (TPSA) is 85.1 Å². The van der Waals surface area contributed by atoms with Gasteiger partial charge in [0, 0.05) is 39.4 Å². The van der Waals surface area contributed by atoms with E-state index in [9.17, 15) is 14.4 Å². The highest BCUT2D eigenvalue weighted by Crippen LogP contribution is 1.89. The van der Waals surface area contributed by atoms with Crippen molar-refractivity contribution in [2.24, 2.45) is 14.1 Å². The summed E-state index contributed by atoms with van der Waals surface area (Å²) in [5.41, 5.74) is -0.193. The van der Waals surface area contributed by atoms with Crippen LogP contribution in [0.4, 0.5) is 0 Å². The van der Waals surface area contributed by atoms with Crippen molar-refractivity contribution >= 4 is 5.91 Å². The molecule has 0 aliphatic rings. The molecule has 0 aliphatic carbocycles. The highest BCUT2D eigenvalue weighted by Gasteiger charge is 2.05. The normalized spacial score (nSPS) is 10.3. The molecule has 1 aromatic heterocycles. The lowest BCUT2D eigenvalue weighted by Gasteiger charge is -2.09. The summed E-state index contributed by atoms with van der Waals surface area (Å²) in [6.07, 6.45) is 0. The van der Waals surface area contributed by atoms with Crippen LogP contribution in [0.5, 0.6) is 0 Å². The Kier molecular flexibility index (Phi) is 4.22. The van der Waals surface area contributed by atoms with Gasteiger partial charge < -0.3 is 10.6 Å². The summed E-state index contributed by atoms with van der Waals surface area (Å²) in [5, 5.41) is 5.31. The number of carbonyl (C=O) groups is 1. The molecule has 0 spiro atoms. The van der Waals surface area contributed by atoms with Crippen molar-refractivity contribution in [1.29, 1.82) is 0 Å². The van der Waals surface area contributed by atoms with Crippen molar-refractivity contribution in [3.8, 4) is 0 Å². The van der Waals surface area contributed by atoms with Crippen molar-refractivity contribution in [3.63, 3.8) is 0 Å². The predicted molar refractivity (Wildman–Crippen MR) is 62.7 cm³/mol. The van der Waals surface area contributed by atoms with Gasteiger partial charge in [-0.3, -0.25) is 18.7 Å². The Balaban J connectivity index is 2.83. The fraction of sp³-hybridized carbons (Fsp3) is 0.500. The number of rotatable bonds is 4. The van der Waals surface area contributed by atoms with E-state index in [4.69, 9.17) is 0 Å². The van der Waals surface area contributed by atoms with Crippen molar-refractivity contribution < 1.29 is 4.79 Å². The quantitative estimate of drug-likeness (QED) is 0.632. The van der Waals surface area contributed by atoms with Crippen molar-refractivity contribution in [3.05, 3.63) is 32.6 Å². The molecule has 0 aliphatic heterocycles. The first-order valence-corrected chi connectivity index (χ1v) is 5.14. The van der Waals surface area contributed by atoms with Crippen molar-refractivity contribution in [1.82, 2.24) is 19.8 Å². The molecule has 0 saturated heterocycles. The van der Waals surface area contributed by atoms with Gasteiger partial charge in [0.1, 0.15) is 0 Å². The van der Waals surface area contributed by atoms with Gasteiger partial charge in [0.05, 0.1) is 6.54 Å². The molecule has 7 heteroatoms. The monoisotopic (exact) mass is 240 g/mol. The first kappa shape index (κ1) is 13.2. The predicted octanol–water partition coefficient (Wildman–Crippen LogP) is -2.08. The Hall–Kier alpha value is -1.89. The molecule has 1 heterocycles. The smallest absolute Gasteiger partial charge is 0.330 e. The van der Waals surface area contributed by atoms with Crippen LogP contribution in [0.25, 0.3) is 0 Å². The second-order valence-corrected chi connectivity index (χ2v) is 3.65. The zero-order valence-corrected chi connectivity index (χ0v) is 10.1. The lowest BCUT2D eigenvalue weighted by molar-refractivity contribution is -0.119. The molecule has 0 atom stereocenters. The number of likely N-dealkylation sites (N-methyl/N-ethyl adjacent to an activating group) is 1. The molecule has 0 radical (unpaired) electrons. The van der Waals surface area contributed by atoms with E-state index < -0.39 is 0 Å². The first-order valence-electron chi connectivity index (χ1n) is 5.14. The average Bonchev–Trinajstić information content (AvgIpc) is 2.32. The van der Waals surface area contributed by atoms with Gasteiger partial charge in [-0.05, 0) is 0 Å². The summed E-state index contributed by atoms with van der Waals surface area (Å²) in [6, 6.07) is 1.37. The maximum atomic E-state index is 11.6. The molecule has 2 N–H and O–H groups in total. The Labute approximate surface area is 98.1 Å². The summed E-state index contributed by atoms with van der Waals surface area (Å²) >= 11 is 0. The summed E-state index contributed by atoms with van der Waals surface area (Å²) in [5.74, 6) is -0.154. The third kappa shape index (κ3) is 3.04. The molecule has 1 rings (SSSR count). The molecule has 0 fully saturated rings. The fourth-order valence-electron chi connectivity index (χ4n) is 1.34. The van der Waals surface area contributed by atoms with Crippen LogP contribution in [0.1, 0.15) is 5.69 Å². The van der Waals surface area contributed by atoms with Crippen LogP contribution >= 0.6 is 0 Å². The van der Waals surface area contributed by atoms with E-state index in [1.54, 1.807) is 7.05 Å². The third-order valence-electron chi connectivity index (χ3n) is 2.50. The highest BCUT2D eigenvalue weighted by atomic mass is 16.2. The van der Waals surface area contributed by atoms with Gasteiger partial charge >= 0.3 is 5.69 Å². The molecule has 0 unspecified atom stereocenters. The van der Waals surface area contributed by atoms with Gasteiger partial charge in [0.25, 0.3) is 5.56 Å². The molecular weight excluding hydrogens is 224 g/mol. The SMILES string of the molecule is CNC(=O)CNCc1cc(=O)n(C)c(=O)n1C. The van der Waals surface area contributed by atoms with Crippen LogP contribution in [-0.4, -0.2) is 28.6 Å². The largest absolute Gasteiger partial charge is 0.358 e. The Morgan fingerprint density at radius 2 is 1.94 bits per heavy atom. The first-order chi connectivity index (χ1) is 7.97. The average molecular weight is 240 g/mol. The van der Waals surface area contributed by atoms with Crippen molar-refractivity contribution in [2.75, 3.05) is 13.6 Å². The van der Waals surface area contributed by atoms with Gasteiger partial charge in [-0.15, -0.1) is 0 Å². The lowest BCUT2D eigenvalue weighted by atomic mass is 10.3. The Morgan fingerprint density at radius 3 is 2.53 bits per heavy atom. The summed E-state index contributed by atoms with van der Waals surface area (Å²) < 4.78 is 2.40. The number of aromatic nitrogens is 2. The van der Waals surface area contributed by atoms with E-state index >= 15 is 0 Å². The Morgan fingerprint density at radius 1 is 1.29 bits per heavy atom. The van der Waals surface area contributed by atoms with Crippen LogP contribution in [0, 0.1) is 0 Å². The van der Waals surface area contributed by atoms with E-state index in [1.807, 2.05) is 0 Å². The zero-order valence-electron chi connectivity index (χ0n) is 10.1. The summed E-state index contributed by atoms with van der Waals surface area (Å²) in [4.78, 5) is 34.0. The van der Waals surface area contributed by atoms with Crippen molar-refractivity contribution in [2.45, 2.75) is 6.54 Å². The Bertz CT molecular complexity index is 529. The van der Waals surface area contributed by atoms with E-state index in [-0.39, 0.29) is 30.2 Å². The molecule has 0 bridgehead atoms. The molecule has 0 saturated carbocycles. The zero-order chi connectivity index (χ0) is 13.0. The second-order valence-electron chi connectivity index (χ2n) is 3.65. The molecule has 1 amide bonds. The van der Waals surface area contributed by atoms with Gasteiger partial charge in [-0.1, -0.05) is 0 Å².